The average Bonchev–Trinajstić information content (AvgIpc) is 3.38. The minimum absolute atomic E-state index is 0.299. The van der Waals surface area contributed by atoms with Crippen LogP contribution in [-0.4, -0.2) is 76.8 Å². The molecule has 1 fully saturated rings. The molecule has 3 N–H and O–H groups in total. The second kappa shape index (κ2) is 11.4. The van der Waals surface area contributed by atoms with Crippen LogP contribution in [0.4, 0.5) is 0 Å². The zero-order chi connectivity index (χ0) is 24.8. The first kappa shape index (κ1) is 24.7. The van der Waals surface area contributed by atoms with Gasteiger partial charge in [0.15, 0.2) is 11.5 Å². The van der Waals surface area contributed by atoms with Gasteiger partial charge in [0.2, 0.25) is 5.89 Å². The minimum Gasteiger partial charge on any atom is -0.436 e. The Hall–Kier alpha value is -3.37. The van der Waals surface area contributed by atoms with Crippen LogP contribution in [0, 0.1) is 0 Å². The van der Waals surface area contributed by atoms with E-state index in [9.17, 15) is 14.7 Å². The number of aliphatic hydroxyl groups excluding tert-OH is 2. The van der Waals surface area contributed by atoms with Crippen molar-refractivity contribution in [1.29, 1.82) is 0 Å². The van der Waals surface area contributed by atoms with Crippen molar-refractivity contribution in [3.8, 4) is 22.8 Å². The van der Waals surface area contributed by atoms with Gasteiger partial charge in [0.05, 0.1) is 25.5 Å². The number of ether oxygens (including phenoxy) is 1. The average molecular weight is 480 g/mol. The van der Waals surface area contributed by atoms with Crippen molar-refractivity contribution >= 4 is 11.7 Å². The van der Waals surface area contributed by atoms with Gasteiger partial charge in [-0.05, 0) is 36.8 Å². The van der Waals surface area contributed by atoms with Crippen LogP contribution in [-0.2, 0) is 16.1 Å². The third-order valence-electron chi connectivity index (χ3n) is 5.92. The summed E-state index contributed by atoms with van der Waals surface area (Å²) in [4.78, 5) is 30.9. The zero-order valence-electron chi connectivity index (χ0n) is 19.5. The quantitative estimate of drug-likeness (QED) is 0.425. The van der Waals surface area contributed by atoms with E-state index in [1.165, 1.54) is 12.5 Å². The first-order chi connectivity index (χ1) is 16.9. The number of aliphatic hydroxyl groups is 2. The van der Waals surface area contributed by atoms with Gasteiger partial charge in [-0.1, -0.05) is 24.3 Å². The van der Waals surface area contributed by atoms with E-state index >= 15 is 0 Å². The van der Waals surface area contributed by atoms with Crippen LogP contribution in [0.1, 0.15) is 22.8 Å². The van der Waals surface area contributed by atoms with Gasteiger partial charge in [0.25, 0.3) is 5.91 Å². The zero-order valence-corrected chi connectivity index (χ0v) is 19.5. The molecule has 1 aromatic heterocycles. The summed E-state index contributed by atoms with van der Waals surface area (Å²) in [6.07, 6.45) is 0.540. The maximum Gasteiger partial charge on any atom is 0.251 e. The van der Waals surface area contributed by atoms with Crippen molar-refractivity contribution in [1.82, 2.24) is 15.2 Å². The lowest BCUT2D eigenvalue weighted by molar-refractivity contribution is -0.125. The molecule has 0 spiro atoms. The number of benzene rings is 2. The number of ketones is 1. The second-order valence-electron chi connectivity index (χ2n) is 8.51. The van der Waals surface area contributed by atoms with Crippen molar-refractivity contribution in [3.63, 3.8) is 0 Å². The number of hydrogen-bond acceptors (Lipinski definition) is 8. The molecule has 0 aliphatic carbocycles. The van der Waals surface area contributed by atoms with E-state index in [2.05, 4.69) is 27.3 Å². The first-order valence-corrected chi connectivity index (χ1v) is 11.5. The predicted molar refractivity (Wildman–Crippen MR) is 128 cm³/mol. The van der Waals surface area contributed by atoms with Gasteiger partial charge in [-0.15, -0.1) is 0 Å². The Labute approximate surface area is 203 Å². The SMILES string of the molecule is C[C@@H](O)[C@H](NC(=O)c1ccc(-c2ncc(-c3ccc(CN4CCOCC4)cc3)o2)cc1)C(=O)CO. The smallest absolute Gasteiger partial charge is 0.251 e. The number of rotatable bonds is 9. The Bertz CT molecular complexity index is 1130. The number of Topliss-reactive ketones (excluding diaryl/α,β-unsaturated/α-hetero) is 1. The third-order valence-corrected chi connectivity index (χ3v) is 5.92. The van der Waals surface area contributed by atoms with Crippen LogP contribution in [0.5, 0.6) is 0 Å². The molecule has 1 aliphatic rings. The van der Waals surface area contributed by atoms with Crippen LogP contribution >= 0.6 is 0 Å². The fourth-order valence-corrected chi connectivity index (χ4v) is 3.89. The van der Waals surface area contributed by atoms with E-state index in [1.807, 2.05) is 12.1 Å². The number of nitrogens with one attached hydrogen (secondary N) is 1. The largest absolute Gasteiger partial charge is 0.436 e. The Balaban J connectivity index is 1.40. The number of oxazole rings is 1. The highest BCUT2D eigenvalue weighted by Crippen LogP contribution is 2.27. The summed E-state index contributed by atoms with van der Waals surface area (Å²) in [5, 5.41) is 21.2. The minimum atomic E-state index is -1.18. The number of amides is 1. The molecule has 9 heteroatoms. The summed E-state index contributed by atoms with van der Waals surface area (Å²) >= 11 is 0. The molecule has 0 unspecified atom stereocenters. The standard InChI is InChI=1S/C26H29N3O6/c1-17(31)24(22(32)16-30)28-25(33)20-6-8-21(9-7-20)26-27-14-23(35-26)19-4-2-18(3-5-19)15-29-10-12-34-13-11-29/h2-9,14,17,24,30-31H,10-13,15-16H2,1H3,(H,28,33)/t17-,24+/m1/s1. The molecule has 3 aromatic rings. The van der Waals surface area contributed by atoms with Crippen molar-refractivity contribution < 1.29 is 29.0 Å². The Morgan fingerprint density at radius 1 is 1.06 bits per heavy atom. The van der Waals surface area contributed by atoms with Gasteiger partial charge in [-0.2, -0.15) is 0 Å². The molecule has 35 heavy (non-hydrogen) atoms. The Kier molecular flexibility index (Phi) is 8.04. The summed E-state index contributed by atoms with van der Waals surface area (Å²) < 4.78 is 11.3. The Morgan fingerprint density at radius 2 is 1.71 bits per heavy atom. The number of carbonyl (C=O) groups excluding carboxylic acids is 2. The van der Waals surface area contributed by atoms with E-state index in [4.69, 9.17) is 14.3 Å². The van der Waals surface area contributed by atoms with Gasteiger partial charge in [-0.25, -0.2) is 4.98 Å². The number of carbonyl (C=O) groups is 2. The van der Waals surface area contributed by atoms with Crippen LogP contribution in [0.15, 0.2) is 59.1 Å². The molecular weight excluding hydrogens is 450 g/mol. The van der Waals surface area contributed by atoms with E-state index in [0.29, 0.717) is 22.8 Å². The van der Waals surface area contributed by atoms with Gasteiger partial charge >= 0.3 is 0 Å². The van der Waals surface area contributed by atoms with Gasteiger partial charge < -0.3 is 24.7 Å². The summed E-state index contributed by atoms with van der Waals surface area (Å²) in [5.41, 5.74) is 3.13. The third kappa shape index (κ3) is 6.20. The maximum atomic E-state index is 12.5. The number of nitrogens with zero attached hydrogens (tertiary/aromatic N) is 2. The summed E-state index contributed by atoms with van der Waals surface area (Å²) in [5.74, 6) is -0.135. The summed E-state index contributed by atoms with van der Waals surface area (Å²) in [6, 6.07) is 13.6. The number of hydrogen-bond donors (Lipinski definition) is 3. The van der Waals surface area contributed by atoms with Crippen LogP contribution in [0.3, 0.4) is 0 Å². The fourth-order valence-electron chi connectivity index (χ4n) is 3.89. The van der Waals surface area contributed by atoms with Crippen LogP contribution in [0.25, 0.3) is 22.8 Å². The molecule has 1 aliphatic heterocycles. The van der Waals surface area contributed by atoms with E-state index in [0.717, 1.165) is 38.4 Å². The first-order valence-electron chi connectivity index (χ1n) is 11.5. The van der Waals surface area contributed by atoms with Gasteiger partial charge in [0.1, 0.15) is 12.6 Å². The highest BCUT2D eigenvalue weighted by atomic mass is 16.5. The highest BCUT2D eigenvalue weighted by molar-refractivity contribution is 5.98. The van der Waals surface area contributed by atoms with Gasteiger partial charge in [-0.3, -0.25) is 14.5 Å². The molecular formula is C26H29N3O6. The molecule has 184 valence electrons. The normalized spacial score (nSPS) is 16.0. The Morgan fingerprint density at radius 3 is 2.34 bits per heavy atom. The summed E-state index contributed by atoms with van der Waals surface area (Å²) in [7, 11) is 0. The molecule has 0 radical (unpaired) electrons. The lowest BCUT2D eigenvalue weighted by Gasteiger charge is -2.26. The molecule has 0 bridgehead atoms. The molecule has 1 saturated heterocycles. The van der Waals surface area contributed by atoms with Crippen molar-refractivity contribution in [2.24, 2.45) is 0 Å². The predicted octanol–water partition coefficient (Wildman–Crippen LogP) is 1.88. The monoisotopic (exact) mass is 479 g/mol. The van der Waals surface area contributed by atoms with E-state index in [1.54, 1.807) is 30.5 Å². The molecule has 4 rings (SSSR count). The fraction of sp³-hybridized carbons (Fsp3) is 0.346. The van der Waals surface area contributed by atoms with Crippen LogP contribution < -0.4 is 5.32 Å². The van der Waals surface area contributed by atoms with E-state index in [-0.39, 0.29) is 0 Å². The number of aromatic nitrogens is 1. The molecule has 2 heterocycles. The maximum absolute atomic E-state index is 12.5. The van der Waals surface area contributed by atoms with Crippen molar-refractivity contribution in [2.45, 2.75) is 25.6 Å². The molecule has 9 nitrogen and oxygen atoms in total. The molecule has 0 saturated carbocycles. The number of morpholine rings is 1. The van der Waals surface area contributed by atoms with E-state index < -0.39 is 30.4 Å². The topological polar surface area (TPSA) is 125 Å². The molecule has 2 atom stereocenters. The lowest BCUT2D eigenvalue weighted by atomic mass is 10.1. The summed E-state index contributed by atoms with van der Waals surface area (Å²) in [6.45, 7) is 4.92. The lowest BCUT2D eigenvalue weighted by Crippen LogP contribution is -2.48. The van der Waals surface area contributed by atoms with Crippen molar-refractivity contribution in [2.75, 3.05) is 32.9 Å². The highest BCUT2D eigenvalue weighted by Gasteiger charge is 2.25. The molecule has 2 aromatic carbocycles. The van der Waals surface area contributed by atoms with Gasteiger partial charge in [0, 0.05) is 36.3 Å². The molecule has 1 amide bonds. The second-order valence-corrected chi connectivity index (χ2v) is 8.51. The van der Waals surface area contributed by atoms with Crippen LogP contribution in [0.2, 0.25) is 0 Å². The van der Waals surface area contributed by atoms with Crippen molar-refractivity contribution in [3.05, 3.63) is 65.9 Å².